The van der Waals surface area contributed by atoms with Gasteiger partial charge in [0.2, 0.25) is 0 Å². The topological polar surface area (TPSA) is 24.1 Å². The molecule has 0 aliphatic carbocycles. The molecular weight excluding hydrogens is 112 g/mol. The van der Waals surface area contributed by atoms with Crippen LogP contribution in [-0.4, -0.2) is 25.7 Å². The van der Waals surface area contributed by atoms with Crippen molar-refractivity contribution in [2.75, 3.05) is 20.1 Å². The average Bonchev–Trinajstić information content (AvgIpc) is 1.90. The Morgan fingerprint density at radius 3 is 2.67 bits per heavy atom. The third-order valence-electron chi connectivity index (χ3n) is 2.20. The van der Waals surface area contributed by atoms with Crippen molar-refractivity contribution in [3.8, 4) is 0 Å². The van der Waals surface area contributed by atoms with Crippen molar-refractivity contribution in [1.82, 2.24) is 10.6 Å². The molecule has 0 radical (unpaired) electrons. The fourth-order valence-corrected chi connectivity index (χ4v) is 1.27. The van der Waals surface area contributed by atoms with Crippen molar-refractivity contribution >= 4 is 0 Å². The van der Waals surface area contributed by atoms with E-state index in [-0.39, 0.29) is 0 Å². The van der Waals surface area contributed by atoms with Crippen LogP contribution >= 0.6 is 0 Å². The molecule has 1 aliphatic heterocycles. The van der Waals surface area contributed by atoms with Gasteiger partial charge in [-0.3, -0.25) is 0 Å². The Morgan fingerprint density at radius 2 is 2.33 bits per heavy atom. The highest BCUT2D eigenvalue weighted by Gasteiger charge is 2.23. The lowest BCUT2D eigenvalue weighted by Gasteiger charge is -2.33. The quantitative estimate of drug-likeness (QED) is 0.532. The lowest BCUT2D eigenvalue weighted by atomic mass is 9.93. The molecule has 0 amide bonds. The van der Waals surface area contributed by atoms with Crippen molar-refractivity contribution < 1.29 is 0 Å². The maximum atomic E-state index is 3.36. The van der Waals surface area contributed by atoms with Gasteiger partial charge in [0.25, 0.3) is 0 Å². The maximum Gasteiger partial charge on any atom is 0.0275 e. The summed E-state index contributed by atoms with van der Waals surface area (Å²) in [5, 5.41) is 6.68. The van der Waals surface area contributed by atoms with E-state index in [1.807, 2.05) is 7.05 Å². The zero-order valence-corrected chi connectivity index (χ0v) is 6.33. The van der Waals surface area contributed by atoms with Gasteiger partial charge in [-0.25, -0.2) is 0 Å². The highest BCUT2D eigenvalue weighted by molar-refractivity contribution is 4.87. The Kier molecular flexibility index (Phi) is 2.09. The summed E-state index contributed by atoms with van der Waals surface area (Å²) in [5.74, 6) is 0. The van der Waals surface area contributed by atoms with Crippen molar-refractivity contribution in [1.29, 1.82) is 0 Å². The van der Waals surface area contributed by atoms with E-state index >= 15 is 0 Å². The Morgan fingerprint density at radius 1 is 1.56 bits per heavy atom. The van der Waals surface area contributed by atoms with Gasteiger partial charge in [-0.2, -0.15) is 0 Å². The smallest absolute Gasteiger partial charge is 0.0275 e. The van der Waals surface area contributed by atoms with Crippen molar-refractivity contribution in [2.24, 2.45) is 0 Å². The first-order chi connectivity index (χ1) is 4.27. The molecule has 0 bridgehead atoms. The largest absolute Gasteiger partial charge is 0.315 e. The zero-order chi connectivity index (χ0) is 6.74. The van der Waals surface area contributed by atoms with E-state index in [9.17, 15) is 0 Å². The second kappa shape index (κ2) is 2.67. The van der Waals surface area contributed by atoms with Gasteiger partial charge in [0.15, 0.2) is 0 Å². The van der Waals surface area contributed by atoms with Gasteiger partial charge < -0.3 is 10.6 Å². The fourth-order valence-electron chi connectivity index (χ4n) is 1.27. The zero-order valence-electron chi connectivity index (χ0n) is 6.33. The summed E-state index contributed by atoms with van der Waals surface area (Å²) in [4.78, 5) is 0. The molecule has 1 fully saturated rings. The normalized spacial score (nSPS) is 36.7. The van der Waals surface area contributed by atoms with Gasteiger partial charge in [-0.15, -0.1) is 0 Å². The molecule has 0 aromatic heterocycles. The Bertz CT molecular complexity index is 84.9. The van der Waals surface area contributed by atoms with Gasteiger partial charge in [0, 0.05) is 12.1 Å². The monoisotopic (exact) mass is 128 g/mol. The van der Waals surface area contributed by atoms with Gasteiger partial charge in [0.05, 0.1) is 0 Å². The molecule has 9 heavy (non-hydrogen) atoms. The summed E-state index contributed by atoms with van der Waals surface area (Å²) < 4.78 is 0. The van der Waals surface area contributed by atoms with Gasteiger partial charge in [-0.1, -0.05) is 0 Å². The minimum absolute atomic E-state index is 0.359. The average molecular weight is 128 g/mol. The van der Waals surface area contributed by atoms with Crippen LogP contribution in [0.15, 0.2) is 0 Å². The molecule has 0 unspecified atom stereocenters. The van der Waals surface area contributed by atoms with Crippen molar-refractivity contribution in [2.45, 2.75) is 25.3 Å². The number of piperidine rings is 1. The van der Waals surface area contributed by atoms with Gasteiger partial charge in [0.1, 0.15) is 0 Å². The molecule has 0 spiro atoms. The molecule has 1 aliphatic rings. The summed E-state index contributed by atoms with van der Waals surface area (Å²) in [6, 6.07) is 0. The Labute approximate surface area is 57.0 Å². The van der Waals surface area contributed by atoms with E-state index in [0.717, 1.165) is 6.54 Å². The maximum absolute atomic E-state index is 3.36. The summed E-state index contributed by atoms with van der Waals surface area (Å²) in [5.41, 5.74) is 0.359. The van der Waals surface area contributed by atoms with E-state index < -0.39 is 0 Å². The Balaban J connectivity index is 2.37. The standard InChI is InChI=1S/C7H16N2/c1-7(8-2)4-3-5-9-6-7/h8-9H,3-6H2,1-2H3/t7-/m1/s1. The molecule has 1 atom stereocenters. The number of nitrogens with one attached hydrogen (secondary N) is 2. The number of hydrogen-bond acceptors (Lipinski definition) is 2. The molecule has 0 saturated carbocycles. The van der Waals surface area contributed by atoms with E-state index in [2.05, 4.69) is 17.6 Å². The molecule has 0 aromatic carbocycles. The van der Waals surface area contributed by atoms with Crippen molar-refractivity contribution in [3.63, 3.8) is 0 Å². The van der Waals surface area contributed by atoms with Crippen LogP contribution in [0.25, 0.3) is 0 Å². The van der Waals surface area contributed by atoms with Gasteiger partial charge >= 0.3 is 0 Å². The molecular formula is C7H16N2. The first kappa shape index (κ1) is 7.03. The van der Waals surface area contributed by atoms with Crippen LogP contribution in [-0.2, 0) is 0 Å². The van der Waals surface area contributed by atoms with Crippen LogP contribution in [0.3, 0.4) is 0 Å². The lowest BCUT2D eigenvalue weighted by molar-refractivity contribution is 0.290. The van der Waals surface area contributed by atoms with E-state index in [0.29, 0.717) is 5.54 Å². The predicted molar refractivity (Wildman–Crippen MR) is 39.6 cm³/mol. The van der Waals surface area contributed by atoms with Crippen LogP contribution in [0.5, 0.6) is 0 Å². The SMILES string of the molecule is CN[C@]1(C)CCCNC1. The lowest BCUT2D eigenvalue weighted by Crippen LogP contribution is -2.51. The summed E-state index contributed by atoms with van der Waals surface area (Å²) in [6.45, 7) is 4.57. The Hall–Kier alpha value is -0.0800. The third-order valence-corrected chi connectivity index (χ3v) is 2.20. The molecule has 2 N–H and O–H groups in total. The first-order valence-corrected chi connectivity index (χ1v) is 3.66. The molecule has 1 saturated heterocycles. The third kappa shape index (κ3) is 1.66. The minimum Gasteiger partial charge on any atom is -0.315 e. The van der Waals surface area contributed by atoms with Crippen LogP contribution in [0.1, 0.15) is 19.8 Å². The molecule has 2 nitrogen and oxygen atoms in total. The highest BCUT2D eigenvalue weighted by Crippen LogP contribution is 2.13. The number of rotatable bonds is 1. The summed E-state index contributed by atoms with van der Waals surface area (Å²) >= 11 is 0. The first-order valence-electron chi connectivity index (χ1n) is 3.66. The second-order valence-electron chi connectivity index (χ2n) is 3.09. The molecule has 2 heteroatoms. The van der Waals surface area contributed by atoms with E-state index in [4.69, 9.17) is 0 Å². The molecule has 54 valence electrons. The predicted octanol–water partition coefficient (Wildman–Crippen LogP) is 0.348. The second-order valence-corrected chi connectivity index (χ2v) is 3.09. The van der Waals surface area contributed by atoms with Crippen LogP contribution in [0, 0.1) is 0 Å². The number of hydrogen-bond donors (Lipinski definition) is 2. The van der Waals surface area contributed by atoms with Crippen LogP contribution < -0.4 is 10.6 Å². The van der Waals surface area contributed by atoms with Crippen LogP contribution in [0.4, 0.5) is 0 Å². The highest BCUT2D eigenvalue weighted by atomic mass is 15.0. The fraction of sp³-hybridized carbons (Fsp3) is 1.00. The van der Waals surface area contributed by atoms with Gasteiger partial charge in [-0.05, 0) is 33.4 Å². The summed E-state index contributed by atoms with van der Waals surface area (Å²) in [6.07, 6.45) is 2.60. The van der Waals surface area contributed by atoms with Crippen LogP contribution in [0.2, 0.25) is 0 Å². The van der Waals surface area contributed by atoms with Crippen molar-refractivity contribution in [3.05, 3.63) is 0 Å². The number of likely N-dealkylation sites (N-methyl/N-ethyl adjacent to an activating group) is 1. The molecule has 1 heterocycles. The van der Waals surface area contributed by atoms with E-state index in [1.165, 1.54) is 19.4 Å². The van der Waals surface area contributed by atoms with E-state index in [1.54, 1.807) is 0 Å². The minimum atomic E-state index is 0.359. The summed E-state index contributed by atoms with van der Waals surface area (Å²) in [7, 11) is 2.03. The molecule has 1 rings (SSSR count). The molecule has 0 aromatic rings.